The molecule has 4 rings (SSSR count). The summed E-state index contributed by atoms with van der Waals surface area (Å²) in [5, 5.41) is 3.89. The first-order valence-corrected chi connectivity index (χ1v) is 8.82. The molecule has 1 fully saturated rings. The van der Waals surface area contributed by atoms with Crippen LogP contribution >= 0.6 is 35.6 Å². The van der Waals surface area contributed by atoms with Gasteiger partial charge in [-0.15, -0.1) is 24.0 Å². The van der Waals surface area contributed by atoms with Gasteiger partial charge in [0.1, 0.15) is 0 Å². The molecule has 3 N–H and O–H groups in total. The zero-order chi connectivity index (χ0) is 17.2. The SMILES string of the molecule is I.NC(=NC1CC1c1cccc(Cl)c1)Nc1ccc2c(c1)OCCCO2. The standard InChI is InChI=1S/C19H20ClN3O2.HI/c20-13-4-1-3-12(9-13)15-11-16(15)23-19(21)22-14-5-6-17-18(10-14)25-8-2-7-24-17;/h1,3-6,9-10,15-16H,2,7-8,11H2,(H3,21,22,23);1H. The Hall–Kier alpha value is -1.67. The molecule has 2 unspecified atom stereocenters. The van der Waals surface area contributed by atoms with Crippen molar-refractivity contribution < 1.29 is 9.47 Å². The number of nitrogens with two attached hydrogens (primary N) is 1. The van der Waals surface area contributed by atoms with E-state index in [1.807, 2.05) is 36.4 Å². The number of fused-ring (bicyclic) bond motifs is 1. The van der Waals surface area contributed by atoms with Crippen LogP contribution in [0.3, 0.4) is 0 Å². The van der Waals surface area contributed by atoms with E-state index in [0.29, 0.717) is 25.1 Å². The number of halogens is 2. The fourth-order valence-electron chi connectivity index (χ4n) is 3.02. The summed E-state index contributed by atoms with van der Waals surface area (Å²) in [5.74, 6) is 2.30. The molecule has 0 bridgehead atoms. The third kappa shape index (κ3) is 4.54. The molecule has 1 saturated carbocycles. The number of aliphatic imine (C=N–C) groups is 1. The lowest BCUT2D eigenvalue weighted by Crippen LogP contribution is -2.23. The van der Waals surface area contributed by atoms with E-state index < -0.39 is 0 Å². The van der Waals surface area contributed by atoms with Gasteiger partial charge in [0.2, 0.25) is 0 Å². The van der Waals surface area contributed by atoms with Crippen LogP contribution in [0.15, 0.2) is 47.5 Å². The van der Waals surface area contributed by atoms with Crippen LogP contribution < -0.4 is 20.5 Å². The Morgan fingerprint density at radius 1 is 1.12 bits per heavy atom. The van der Waals surface area contributed by atoms with Crippen LogP contribution in [0.5, 0.6) is 11.5 Å². The Morgan fingerprint density at radius 2 is 1.92 bits per heavy atom. The fraction of sp³-hybridized carbons (Fsp3) is 0.316. The summed E-state index contributed by atoms with van der Waals surface area (Å²) in [6.07, 6.45) is 1.87. The van der Waals surface area contributed by atoms with Crippen molar-refractivity contribution in [2.45, 2.75) is 24.8 Å². The quantitative estimate of drug-likeness (QED) is 0.384. The molecule has 1 aliphatic heterocycles. The summed E-state index contributed by atoms with van der Waals surface area (Å²) < 4.78 is 11.3. The minimum absolute atomic E-state index is 0. The van der Waals surface area contributed by atoms with Gasteiger partial charge in [-0.25, -0.2) is 4.99 Å². The third-order valence-corrected chi connectivity index (χ3v) is 4.59. The van der Waals surface area contributed by atoms with Crippen molar-refractivity contribution >= 4 is 47.2 Å². The van der Waals surface area contributed by atoms with E-state index in [1.165, 1.54) is 5.56 Å². The van der Waals surface area contributed by atoms with Crippen molar-refractivity contribution in [1.82, 2.24) is 0 Å². The first-order chi connectivity index (χ1) is 12.2. The van der Waals surface area contributed by atoms with E-state index in [9.17, 15) is 0 Å². The largest absolute Gasteiger partial charge is 0.490 e. The van der Waals surface area contributed by atoms with Gasteiger partial charge in [0.05, 0.1) is 19.3 Å². The zero-order valence-electron chi connectivity index (χ0n) is 14.2. The van der Waals surface area contributed by atoms with E-state index in [4.69, 9.17) is 26.8 Å². The maximum Gasteiger partial charge on any atom is 0.193 e. The smallest absolute Gasteiger partial charge is 0.193 e. The van der Waals surface area contributed by atoms with Gasteiger partial charge in [-0.1, -0.05) is 23.7 Å². The average Bonchev–Trinajstić information content (AvgIpc) is 3.37. The number of benzene rings is 2. The van der Waals surface area contributed by atoms with Crippen LogP contribution in [0.2, 0.25) is 5.02 Å². The lowest BCUT2D eigenvalue weighted by atomic mass is 10.1. The molecule has 138 valence electrons. The summed E-state index contributed by atoms with van der Waals surface area (Å²) in [6, 6.07) is 13.8. The molecule has 0 spiro atoms. The van der Waals surface area contributed by atoms with Crippen LogP contribution in [0, 0.1) is 0 Å². The molecule has 26 heavy (non-hydrogen) atoms. The molecule has 5 nitrogen and oxygen atoms in total. The third-order valence-electron chi connectivity index (χ3n) is 4.36. The first-order valence-electron chi connectivity index (χ1n) is 8.44. The number of hydrogen-bond donors (Lipinski definition) is 2. The highest BCUT2D eigenvalue weighted by Crippen LogP contribution is 2.44. The Bertz CT molecular complexity index is 815. The first kappa shape index (κ1) is 19.1. The molecule has 0 saturated heterocycles. The lowest BCUT2D eigenvalue weighted by molar-refractivity contribution is 0.297. The topological polar surface area (TPSA) is 68.9 Å². The molecule has 2 aliphatic rings. The van der Waals surface area contributed by atoms with E-state index in [0.717, 1.165) is 35.1 Å². The van der Waals surface area contributed by atoms with Gasteiger partial charge >= 0.3 is 0 Å². The normalized spacial score (nSPS) is 21.3. The van der Waals surface area contributed by atoms with E-state index in [-0.39, 0.29) is 30.0 Å². The van der Waals surface area contributed by atoms with Crippen molar-refractivity contribution in [3.63, 3.8) is 0 Å². The van der Waals surface area contributed by atoms with Crippen LogP contribution in [0.4, 0.5) is 5.69 Å². The molecule has 2 atom stereocenters. The van der Waals surface area contributed by atoms with Crippen molar-refractivity contribution in [3.8, 4) is 11.5 Å². The van der Waals surface area contributed by atoms with Crippen LogP contribution in [0.25, 0.3) is 0 Å². The molecule has 0 radical (unpaired) electrons. The maximum atomic E-state index is 6.06. The molecule has 1 heterocycles. The zero-order valence-corrected chi connectivity index (χ0v) is 17.2. The Morgan fingerprint density at radius 3 is 2.73 bits per heavy atom. The highest BCUT2D eigenvalue weighted by molar-refractivity contribution is 14.0. The minimum atomic E-state index is 0. The van der Waals surface area contributed by atoms with Crippen molar-refractivity contribution in [3.05, 3.63) is 53.1 Å². The van der Waals surface area contributed by atoms with Gasteiger partial charge in [0.25, 0.3) is 0 Å². The number of nitrogens with zero attached hydrogens (tertiary/aromatic N) is 1. The monoisotopic (exact) mass is 485 g/mol. The van der Waals surface area contributed by atoms with Gasteiger partial charge in [-0.2, -0.15) is 0 Å². The second-order valence-corrected chi connectivity index (χ2v) is 6.75. The lowest BCUT2D eigenvalue weighted by Gasteiger charge is -2.10. The van der Waals surface area contributed by atoms with Crippen molar-refractivity contribution in [2.24, 2.45) is 10.7 Å². The molecule has 1 aliphatic carbocycles. The predicted molar refractivity (Wildman–Crippen MR) is 115 cm³/mol. The van der Waals surface area contributed by atoms with Crippen molar-refractivity contribution in [2.75, 3.05) is 18.5 Å². The van der Waals surface area contributed by atoms with Gasteiger partial charge in [0.15, 0.2) is 17.5 Å². The van der Waals surface area contributed by atoms with Gasteiger partial charge in [0, 0.05) is 29.1 Å². The second-order valence-electron chi connectivity index (χ2n) is 6.32. The molecule has 2 aromatic rings. The van der Waals surface area contributed by atoms with Gasteiger partial charge < -0.3 is 20.5 Å². The number of ether oxygens (including phenoxy) is 2. The van der Waals surface area contributed by atoms with E-state index in [2.05, 4.69) is 16.4 Å². The molecular formula is C19H21ClIN3O2. The highest BCUT2D eigenvalue weighted by Gasteiger charge is 2.38. The Kier molecular flexibility index (Phi) is 6.13. The Labute approximate surface area is 174 Å². The average molecular weight is 486 g/mol. The highest BCUT2D eigenvalue weighted by atomic mass is 127. The molecule has 0 aromatic heterocycles. The second kappa shape index (κ2) is 8.35. The molecule has 2 aromatic carbocycles. The van der Waals surface area contributed by atoms with Crippen LogP contribution in [-0.2, 0) is 0 Å². The van der Waals surface area contributed by atoms with Crippen LogP contribution in [0.1, 0.15) is 24.3 Å². The molecule has 0 amide bonds. The van der Waals surface area contributed by atoms with E-state index in [1.54, 1.807) is 0 Å². The summed E-state index contributed by atoms with van der Waals surface area (Å²) in [4.78, 5) is 4.57. The fourth-order valence-corrected chi connectivity index (χ4v) is 3.22. The number of rotatable bonds is 3. The van der Waals surface area contributed by atoms with Gasteiger partial charge in [-0.3, -0.25) is 0 Å². The molecular weight excluding hydrogens is 465 g/mol. The molecule has 7 heteroatoms. The van der Waals surface area contributed by atoms with Crippen LogP contribution in [-0.4, -0.2) is 25.2 Å². The summed E-state index contributed by atoms with van der Waals surface area (Å²) in [6.45, 7) is 1.33. The van der Waals surface area contributed by atoms with E-state index >= 15 is 0 Å². The van der Waals surface area contributed by atoms with Crippen molar-refractivity contribution in [1.29, 1.82) is 0 Å². The number of guanidine groups is 1. The maximum absolute atomic E-state index is 6.06. The summed E-state index contributed by atoms with van der Waals surface area (Å²) in [5.41, 5.74) is 8.12. The predicted octanol–water partition coefficient (Wildman–Crippen LogP) is 4.40. The summed E-state index contributed by atoms with van der Waals surface area (Å²) in [7, 11) is 0. The number of anilines is 1. The summed E-state index contributed by atoms with van der Waals surface area (Å²) >= 11 is 6.05. The number of hydrogen-bond acceptors (Lipinski definition) is 3. The Balaban J connectivity index is 0.00000196. The van der Waals surface area contributed by atoms with Gasteiger partial charge in [-0.05, 0) is 36.2 Å². The number of nitrogens with one attached hydrogen (secondary N) is 1. The minimum Gasteiger partial charge on any atom is -0.490 e.